The summed E-state index contributed by atoms with van der Waals surface area (Å²) in [5.41, 5.74) is 12.4. The fraction of sp³-hybridized carbons (Fsp3) is 0.0588. The highest BCUT2D eigenvalue weighted by atomic mass is 15.1. The summed E-state index contributed by atoms with van der Waals surface area (Å²) < 4.78 is 0. The van der Waals surface area contributed by atoms with Crippen molar-refractivity contribution in [2.24, 2.45) is 0 Å². The van der Waals surface area contributed by atoms with Gasteiger partial charge in [-0.1, -0.05) is 140 Å². The molecule has 0 aromatic heterocycles. The third-order valence-corrected chi connectivity index (χ3v) is 10.9. The molecule has 0 aliphatic heterocycles. The molecule has 10 rings (SSSR count). The average Bonchev–Trinajstić information content (AvgIpc) is 3.17. The molecule has 0 aliphatic carbocycles. The molecule has 52 heavy (non-hydrogen) atoms. The Morgan fingerprint density at radius 3 is 1.46 bits per heavy atom. The van der Waals surface area contributed by atoms with E-state index in [-0.39, 0.29) is 0 Å². The van der Waals surface area contributed by atoms with E-state index in [9.17, 15) is 0 Å². The molecule has 10 aromatic carbocycles. The second kappa shape index (κ2) is 11.8. The molecule has 0 N–H and O–H groups in total. The SMILES string of the molecule is Cc1cc(-c2c3ccccc3c(N(c3ccccc3)c3ccccc3)c3ccccc23)cc(-c2cc(C)c3ccc4cc(C)cc5ccc2c3c45)c1. The van der Waals surface area contributed by atoms with Gasteiger partial charge in [-0.05, 0) is 133 Å². The summed E-state index contributed by atoms with van der Waals surface area (Å²) in [6.07, 6.45) is 0. The van der Waals surface area contributed by atoms with Crippen LogP contribution in [0.5, 0.6) is 0 Å². The summed E-state index contributed by atoms with van der Waals surface area (Å²) in [7, 11) is 0. The standard InChI is InChI=1S/C51H37N/c1-32-26-35-22-24-41-34(3)30-47(44-25-23-36(27-32)48(35)50(41)44)37-28-33(2)29-38(31-37)49-42-18-10-12-20-45(42)51(46-21-13-11-19-43(46)49)52(39-14-6-4-7-15-39)40-16-8-5-9-17-40/h4-31H,1-3H3. The smallest absolute Gasteiger partial charge is 0.0618 e. The van der Waals surface area contributed by atoms with Gasteiger partial charge in [0.1, 0.15) is 0 Å². The Kier molecular flexibility index (Phi) is 6.91. The summed E-state index contributed by atoms with van der Waals surface area (Å²) in [4.78, 5) is 2.42. The summed E-state index contributed by atoms with van der Waals surface area (Å²) >= 11 is 0. The minimum atomic E-state index is 1.13. The Morgan fingerprint density at radius 2 is 0.865 bits per heavy atom. The van der Waals surface area contributed by atoms with Gasteiger partial charge >= 0.3 is 0 Å². The number of anilines is 3. The molecule has 0 radical (unpaired) electrons. The fourth-order valence-corrected chi connectivity index (χ4v) is 8.79. The molecular weight excluding hydrogens is 627 g/mol. The lowest BCUT2D eigenvalue weighted by Crippen LogP contribution is -2.11. The van der Waals surface area contributed by atoms with Crippen molar-refractivity contribution in [3.63, 3.8) is 0 Å². The number of aryl methyl sites for hydroxylation is 3. The van der Waals surface area contributed by atoms with Gasteiger partial charge in [0, 0.05) is 22.1 Å². The maximum Gasteiger partial charge on any atom is 0.0618 e. The molecule has 1 nitrogen and oxygen atoms in total. The zero-order valence-corrected chi connectivity index (χ0v) is 29.6. The van der Waals surface area contributed by atoms with E-state index < -0.39 is 0 Å². The highest BCUT2D eigenvalue weighted by molar-refractivity contribution is 6.27. The van der Waals surface area contributed by atoms with Crippen LogP contribution in [0.15, 0.2) is 170 Å². The molecule has 0 unspecified atom stereocenters. The first-order valence-corrected chi connectivity index (χ1v) is 18.2. The number of benzene rings is 10. The van der Waals surface area contributed by atoms with E-state index >= 15 is 0 Å². The number of hydrogen-bond acceptors (Lipinski definition) is 1. The van der Waals surface area contributed by atoms with E-state index in [1.54, 1.807) is 0 Å². The van der Waals surface area contributed by atoms with Gasteiger partial charge in [-0.25, -0.2) is 0 Å². The van der Waals surface area contributed by atoms with Crippen molar-refractivity contribution in [2.45, 2.75) is 20.8 Å². The second-order valence-corrected chi connectivity index (χ2v) is 14.3. The van der Waals surface area contributed by atoms with Crippen LogP contribution in [0.2, 0.25) is 0 Å². The van der Waals surface area contributed by atoms with Gasteiger partial charge in [0.05, 0.1) is 5.69 Å². The van der Waals surface area contributed by atoms with E-state index in [4.69, 9.17) is 0 Å². The molecule has 0 spiro atoms. The predicted octanol–water partition coefficient (Wildman–Crippen LogP) is 14.6. The molecule has 1 heteroatoms. The van der Waals surface area contributed by atoms with Crippen molar-refractivity contribution in [3.05, 3.63) is 187 Å². The van der Waals surface area contributed by atoms with Crippen molar-refractivity contribution < 1.29 is 0 Å². The van der Waals surface area contributed by atoms with Gasteiger partial charge in [-0.2, -0.15) is 0 Å². The van der Waals surface area contributed by atoms with Crippen LogP contribution in [0.25, 0.3) is 76.1 Å². The Bertz CT molecular complexity index is 2860. The van der Waals surface area contributed by atoms with Crippen LogP contribution in [0.3, 0.4) is 0 Å². The lowest BCUT2D eigenvalue weighted by molar-refractivity contribution is 1.31. The maximum atomic E-state index is 2.43. The quantitative estimate of drug-likeness (QED) is 0.131. The summed E-state index contributed by atoms with van der Waals surface area (Å²) in [6.45, 7) is 6.70. The van der Waals surface area contributed by atoms with Crippen LogP contribution < -0.4 is 4.90 Å². The summed E-state index contributed by atoms with van der Waals surface area (Å²) in [6, 6.07) is 62.9. The maximum absolute atomic E-state index is 2.43. The van der Waals surface area contributed by atoms with Crippen molar-refractivity contribution >= 4 is 70.9 Å². The van der Waals surface area contributed by atoms with E-state index in [1.165, 1.54) is 98.5 Å². The first kappa shape index (κ1) is 30.4. The molecule has 0 atom stereocenters. The van der Waals surface area contributed by atoms with Crippen molar-refractivity contribution in [1.29, 1.82) is 0 Å². The monoisotopic (exact) mass is 663 g/mol. The first-order chi connectivity index (χ1) is 25.5. The van der Waals surface area contributed by atoms with Crippen molar-refractivity contribution in [3.8, 4) is 22.3 Å². The van der Waals surface area contributed by atoms with Crippen LogP contribution in [0.1, 0.15) is 16.7 Å². The van der Waals surface area contributed by atoms with Crippen molar-refractivity contribution in [2.75, 3.05) is 4.90 Å². The zero-order valence-electron chi connectivity index (χ0n) is 29.6. The lowest BCUT2D eigenvalue weighted by atomic mass is 9.85. The third kappa shape index (κ3) is 4.70. The fourth-order valence-electron chi connectivity index (χ4n) is 8.79. The molecule has 0 amide bonds. The van der Waals surface area contributed by atoms with Gasteiger partial charge in [0.2, 0.25) is 0 Å². The van der Waals surface area contributed by atoms with Crippen LogP contribution in [0.4, 0.5) is 17.1 Å². The number of fused-ring (bicyclic) bond motifs is 2. The Balaban J connectivity index is 1.26. The molecular formula is C51H37N. The molecule has 0 bridgehead atoms. The minimum Gasteiger partial charge on any atom is -0.309 e. The second-order valence-electron chi connectivity index (χ2n) is 14.3. The first-order valence-electron chi connectivity index (χ1n) is 18.2. The highest BCUT2D eigenvalue weighted by Gasteiger charge is 2.23. The highest BCUT2D eigenvalue weighted by Crippen LogP contribution is 2.49. The normalized spacial score (nSPS) is 11.8. The van der Waals surface area contributed by atoms with E-state index in [2.05, 4.69) is 196 Å². The zero-order chi connectivity index (χ0) is 34.9. The lowest BCUT2D eigenvalue weighted by Gasteiger charge is -2.29. The average molecular weight is 664 g/mol. The number of rotatable bonds is 5. The number of para-hydroxylation sites is 2. The van der Waals surface area contributed by atoms with E-state index in [1.807, 2.05) is 0 Å². The molecule has 0 heterocycles. The number of hydrogen-bond donors (Lipinski definition) is 0. The predicted molar refractivity (Wildman–Crippen MR) is 225 cm³/mol. The van der Waals surface area contributed by atoms with Crippen LogP contribution in [-0.4, -0.2) is 0 Å². The van der Waals surface area contributed by atoms with Crippen molar-refractivity contribution in [1.82, 2.24) is 0 Å². The molecule has 0 saturated carbocycles. The molecule has 0 fully saturated rings. The van der Waals surface area contributed by atoms with E-state index in [0.29, 0.717) is 0 Å². The van der Waals surface area contributed by atoms with Gasteiger partial charge in [-0.15, -0.1) is 0 Å². The molecule has 0 aliphatic rings. The summed E-state index contributed by atoms with van der Waals surface area (Å²) in [5, 5.41) is 12.9. The van der Waals surface area contributed by atoms with Crippen LogP contribution in [0, 0.1) is 20.8 Å². The van der Waals surface area contributed by atoms with Crippen LogP contribution in [-0.2, 0) is 0 Å². The molecule has 10 aromatic rings. The Hall–Kier alpha value is -6.44. The van der Waals surface area contributed by atoms with Gasteiger partial charge in [-0.3, -0.25) is 0 Å². The Morgan fingerprint density at radius 1 is 0.365 bits per heavy atom. The Labute approximate surface area is 304 Å². The molecule has 246 valence electrons. The number of nitrogens with zero attached hydrogens (tertiary/aromatic N) is 1. The van der Waals surface area contributed by atoms with Gasteiger partial charge in [0.25, 0.3) is 0 Å². The molecule has 0 saturated heterocycles. The third-order valence-electron chi connectivity index (χ3n) is 10.9. The van der Waals surface area contributed by atoms with E-state index in [0.717, 1.165) is 11.4 Å². The topological polar surface area (TPSA) is 3.24 Å². The van der Waals surface area contributed by atoms with Gasteiger partial charge in [0.15, 0.2) is 0 Å². The summed E-state index contributed by atoms with van der Waals surface area (Å²) in [5.74, 6) is 0. The van der Waals surface area contributed by atoms with Gasteiger partial charge < -0.3 is 4.90 Å². The van der Waals surface area contributed by atoms with Crippen LogP contribution >= 0.6 is 0 Å². The minimum absolute atomic E-state index is 1.13. The largest absolute Gasteiger partial charge is 0.309 e.